The van der Waals surface area contributed by atoms with E-state index in [0.717, 1.165) is 0 Å². The normalized spacial score (nSPS) is 4.00. The molecule has 0 aliphatic carbocycles. The number of primary amides is 2. The first-order valence-electron chi connectivity index (χ1n) is 0.781. The molecule has 5 heteroatoms. The van der Waals surface area contributed by atoms with Gasteiger partial charge in [0.15, 0.2) is 0 Å². The summed E-state index contributed by atoms with van der Waals surface area (Å²) in [6.45, 7) is 0. The van der Waals surface area contributed by atoms with Crippen LogP contribution in [0.15, 0.2) is 0 Å². The zero-order chi connectivity index (χ0) is 3.58. The summed E-state index contributed by atoms with van der Waals surface area (Å²) in [5.74, 6) is 0. The second kappa shape index (κ2) is 9.27. The molecule has 0 aromatic carbocycles. The third kappa shape index (κ3) is 105. The molecule has 0 radical (unpaired) electrons. The first-order chi connectivity index (χ1) is 1.73. The van der Waals surface area contributed by atoms with Gasteiger partial charge in [0.2, 0.25) is 0 Å². The minimum absolute atomic E-state index is 0. The number of halogens is 1. The first kappa shape index (κ1) is 15.8. The minimum atomic E-state index is -0.833. The van der Waals surface area contributed by atoms with E-state index in [4.69, 9.17) is 4.79 Å². The Hall–Kier alpha value is 0.820. The van der Waals surface area contributed by atoms with Crippen molar-refractivity contribution in [3.63, 3.8) is 0 Å². The molecular weight excluding hydrogens is 132 g/mol. The van der Waals surface area contributed by atoms with Gasteiger partial charge in [-0.3, -0.25) is 0 Å². The summed E-state index contributed by atoms with van der Waals surface area (Å²) >= 11 is 0. The molecule has 0 aliphatic heterocycles. The first-order valence-corrected chi connectivity index (χ1v) is 0.781. The Bertz CT molecular complexity index is 36.5. The molecule has 0 bridgehead atoms. The van der Waals surface area contributed by atoms with Crippen LogP contribution in [-0.4, -0.2) is 43.8 Å². The van der Waals surface area contributed by atoms with Gasteiger partial charge in [-0.1, -0.05) is 0 Å². The molecule has 0 aromatic rings. The Morgan fingerprint density at radius 1 is 1.33 bits per heavy atom. The molecule has 0 heterocycles. The Morgan fingerprint density at radius 3 is 1.33 bits per heavy atom. The maximum atomic E-state index is 9.00. The van der Waals surface area contributed by atoms with Crippen LogP contribution in [0.5, 0.6) is 0 Å². The molecule has 0 saturated heterocycles. The third-order valence-electron chi connectivity index (χ3n) is 0. The number of hydrogen-bond acceptors (Lipinski definition) is 1. The van der Waals surface area contributed by atoms with Gasteiger partial charge in [-0.2, -0.15) is 0 Å². The van der Waals surface area contributed by atoms with Gasteiger partial charge in [-0.05, 0) is 0 Å². The monoisotopic (exact) mass is 138 g/mol. The van der Waals surface area contributed by atoms with Gasteiger partial charge in [0, 0.05) is 0 Å². The molecule has 0 aliphatic rings. The van der Waals surface area contributed by atoms with Crippen molar-refractivity contribution in [2.45, 2.75) is 0 Å². The van der Waals surface area contributed by atoms with Gasteiger partial charge in [-0.25, -0.2) is 4.79 Å². The zero-order valence-corrected chi connectivity index (χ0v) is 3.29. The zero-order valence-electron chi connectivity index (χ0n) is 2.47. The fourth-order valence-electron chi connectivity index (χ4n) is 0. The summed E-state index contributed by atoms with van der Waals surface area (Å²) in [5.41, 5.74) is 8.50. The second-order valence-corrected chi connectivity index (χ2v) is 0.402. The molecule has 0 aromatic heterocycles. The van der Waals surface area contributed by atoms with Crippen LogP contribution in [0, 0.1) is 0 Å². The molecule has 0 spiro atoms. The van der Waals surface area contributed by atoms with E-state index in [2.05, 4.69) is 11.5 Å². The van der Waals surface area contributed by atoms with Gasteiger partial charge in [0.25, 0.3) is 0 Å². The number of nitrogens with two attached hydrogens (primary N) is 2. The van der Waals surface area contributed by atoms with E-state index in [1.807, 2.05) is 0 Å². The second-order valence-electron chi connectivity index (χ2n) is 0.402. The fraction of sp³-hybridized carbons (Fsp3) is 0. The summed E-state index contributed by atoms with van der Waals surface area (Å²) < 4.78 is 0. The third-order valence-corrected chi connectivity index (χ3v) is 0. The van der Waals surface area contributed by atoms with Crippen molar-refractivity contribution in [3.8, 4) is 0 Å². The van der Waals surface area contributed by atoms with Crippen LogP contribution in [0.2, 0.25) is 0 Å². The van der Waals surface area contributed by atoms with Crippen molar-refractivity contribution >= 4 is 56.2 Å². The number of amides is 2. The quantitative estimate of drug-likeness (QED) is 0.395. The Kier molecular flexibility index (Phi) is 24.4. The van der Waals surface area contributed by atoms with Crippen molar-refractivity contribution in [2.75, 3.05) is 0 Å². The van der Waals surface area contributed by atoms with Crippen molar-refractivity contribution in [3.05, 3.63) is 0 Å². The fourth-order valence-corrected chi connectivity index (χ4v) is 0. The van der Waals surface area contributed by atoms with Crippen LogP contribution in [0.4, 0.5) is 4.79 Å². The van der Waals surface area contributed by atoms with Crippen LogP contribution in [-0.2, 0) is 0 Å². The molecule has 0 atom stereocenters. The van der Waals surface area contributed by atoms with Crippen molar-refractivity contribution < 1.29 is 4.79 Å². The molecule has 36 valence electrons. The van der Waals surface area contributed by atoms with Crippen molar-refractivity contribution in [2.24, 2.45) is 11.5 Å². The Labute approximate surface area is 71.8 Å². The molecular formula is CH7CaClN2O. The maximum absolute atomic E-state index is 9.00. The molecule has 0 rings (SSSR count). The van der Waals surface area contributed by atoms with Crippen molar-refractivity contribution in [1.29, 1.82) is 0 Å². The number of carbonyl (C=O) groups is 1. The van der Waals surface area contributed by atoms with Crippen LogP contribution >= 0.6 is 12.4 Å². The standard InChI is InChI=1S/CH4N2O.Ca.ClH.2H/c2-1(3)4;;;;/h(H4,2,3,4);;1H;;. The Balaban J connectivity index is -0.0000000450. The summed E-state index contributed by atoms with van der Waals surface area (Å²) in [6, 6.07) is -0.833. The van der Waals surface area contributed by atoms with E-state index >= 15 is 0 Å². The molecule has 0 saturated carbocycles. The van der Waals surface area contributed by atoms with Gasteiger partial charge in [0.1, 0.15) is 0 Å². The van der Waals surface area contributed by atoms with E-state index in [0.29, 0.717) is 0 Å². The van der Waals surface area contributed by atoms with Gasteiger partial charge < -0.3 is 11.5 Å². The van der Waals surface area contributed by atoms with Gasteiger partial charge >= 0.3 is 43.8 Å². The van der Waals surface area contributed by atoms with Gasteiger partial charge in [-0.15, -0.1) is 12.4 Å². The summed E-state index contributed by atoms with van der Waals surface area (Å²) in [7, 11) is 0. The van der Waals surface area contributed by atoms with Crippen LogP contribution < -0.4 is 11.5 Å². The average Bonchev–Trinajstić information content (AvgIpc) is 0.811. The summed E-state index contributed by atoms with van der Waals surface area (Å²) in [4.78, 5) is 9.00. The van der Waals surface area contributed by atoms with Crippen LogP contribution in [0.3, 0.4) is 0 Å². The van der Waals surface area contributed by atoms with E-state index in [1.165, 1.54) is 0 Å². The average molecular weight is 139 g/mol. The molecule has 6 heavy (non-hydrogen) atoms. The van der Waals surface area contributed by atoms with Crippen molar-refractivity contribution in [1.82, 2.24) is 0 Å². The SMILES string of the molecule is Cl.NC(N)=O.[CaH2]. The molecule has 3 nitrogen and oxygen atoms in total. The number of carbonyl (C=O) groups excluding carboxylic acids is 1. The number of urea groups is 1. The molecule has 4 N–H and O–H groups in total. The number of rotatable bonds is 0. The van der Waals surface area contributed by atoms with E-state index < -0.39 is 6.03 Å². The van der Waals surface area contributed by atoms with Crippen LogP contribution in [0.25, 0.3) is 0 Å². The van der Waals surface area contributed by atoms with Gasteiger partial charge in [0.05, 0.1) is 0 Å². The van der Waals surface area contributed by atoms with E-state index in [1.54, 1.807) is 0 Å². The Morgan fingerprint density at radius 2 is 1.33 bits per heavy atom. The molecule has 0 fully saturated rings. The van der Waals surface area contributed by atoms with E-state index in [-0.39, 0.29) is 50.1 Å². The number of hydrogen-bond donors (Lipinski definition) is 2. The molecule has 2 amide bonds. The summed E-state index contributed by atoms with van der Waals surface area (Å²) in [6.07, 6.45) is 0. The van der Waals surface area contributed by atoms with Crippen LogP contribution in [0.1, 0.15) is 0 Å². The molecule has 0 unspecified atom stereocenters. The topological polar surface area (TPSA) is 69.1 Å². The summed E-state index contributed by atoms with van der Waals surface area (Å²) in [5, 5.41) is 0. The predicted octanol–water partition coefficient (Wildman–Crippen LogP) is -1.47. The van der Waals surface area contributed by atoms with E-state index in [9.17, 15) is 0 Å². The predicted molar refractivity (Wildman–Crippen MR) is 29.6 cm³/mol.